The summed E-state index contributed by atoms with van der Waals surface area (Å²) in [6.45, 7) is 2.65. The number of rotatable bonds is 8. The summed E-state index contributed by atoms with van der Waals surface area (Å²) in [4.78, 5) is 54.1. The molecular formula is C24H21N3O7S. The molecule has 1 amide bonds. The Hall–Kier alpha value is -4.25. The Morgan fingerprint density at radius 2 is 2.00 bits per heavy atom. The molecule has 0 saturated carbocycles. The lowest BCUT2D eigenvalue weighted by Gasteiger charge is -2.09. The lowest BCUT2D eigenvalue weighted by atomic mass is 10.1. The summed E-state index contributed by atoms with van der Waals surface area (Å²) in [6.07, 6.45) is 2.74. The Morgan fingerprint density at radius 1 is 1.17 bits per heavy atom. The fourth-order valence-corrected chi connectivity index (χ4v) is 4.37. The number of thiophene rings is 1. The van der Waals surface area contributed by atoms with Crippen molar-refractivity contribution in [2.24, 2.45) is 0 Å². The summed E-state index contributed by atoms with van der Waals surface area (Å²) in [5.74, 6) is -1.62. The van der Waals surface area contributed by atoms with Crippen molar-refractivity contribution in [3.8, 4) is 11.3 Å². The fraction of sp³-hybridized carbons (Fsp3) is 0.208. The van der Waals surface area contributed by atoms with Crippen LogP contribution in [0.5, 0.6) is 0 Å². The molecule has 11 heteroatoms. The number of anilines is 1. The molecule has 0 aliphatic heterocycles. The largest absolute Gasteiger partial charge is 0.464 e. The summed E-state index contributed by atoms with van der Waals surface area (Å²) in [7, 11) is 0. The number of hydrogen-bond acceptors (Lipinski definition) is 9. The number of para-hydroxylation sites is 1. The highest BCUT2D eigenvalue weighted by molar-refractivity contribution is 7.15. The van der Waals surface area contributed by atoms with Crippen molar-refractivity contribution in [1.82, 2.24) is 9.55 Å². The van der Waals surface area contributed by atoms with Crippen molar-refractivity contribution in [3.63, 3.8) is 0 Å². The van der Waals surface area contributed by atoms with Crippen LogP contribution in [-0.2, 0) is 25.6 Å². The summed E-state index contributed by atoms with van der Waals surface area (Å²) >= 11 is 1.11. The number of ether oxygens (including phenoxy) is 2. The van der Waals surface area contributed by atoms with E-state index in [9.17, 15) is 19.2 Å². The van der Waals surface area contributed by atoms with Gasteiger partial charge in [-0.2, -0.15) is 0 Å². The third-order valence-electron chi connectivity index (χ3n) is 5.03. The average Bonchev–Trinajstić information content (AvgIpc) is 3.50. The Bertz CT molecular complexity index is 1450. The minimum atomic E-state index is -0.788. The molecule has 35 heavy (non-hydrogen) atoms. The second kappa shape index (κ2) is 10.3. The predicted molar refractivity (Wildman–Crippen MR) is 128 cm³/mol. The third-order valence-corrected chi connectivity index (χ3v) is 5.92. The molecule has 0 fully saturated rings. The SMILES string of the molecule is CCOC(=O)c1c(-c2ccco2)csc1NC(=O)COC(=O)Cn1cnc2c(C)cccc2c1=O. The highest BCUT2D eigenvalue weighted by Crippen LogP contribution is 2.36. The van der Waals surface area contributed by atoms with Crippen LogP contribution in [0.2, 0.25) is 0 Å². The first kappa shape index (κ1) is 23.9. The minimum absolute atomic E-state index is 0.149. The van der Waals surface area contributed by atoms with Crippen LogP contribution in [0.3, 0.4) is 0 Å². The number of fused-ring (bicyclic) bond motifs is 1. The Kier molecular flexibility index (Phi) is 7.06. The van der Waals surface area contributed by atoms with E-state index in [1.54, 1.807) is 36.6 Å². The van der Waals surface area contributed by atoms with Crippen molar-refractivity contribution in [2.75, 3.05) is 18.5 Å². The molecule has 10 nitrogen and oxygen atoms in total. The molecule has 1 aromatic carbocycles. The smallest absolute Gasteiger partial charge is 0.341 e. The quantitative estimate of drug-likeness (QED) is 0.368. The van der Waals surface area contributed by atoms with Crippen molar-refractivity contribution in [2.45, 2.75) is 20.4 Å². The molecule has 3 heterocycles. The van der Waals surface area contributed by atoms with Crippen LogP contribution in [0.4, 0.5) is 5.00 Å². The number of aromatic nitrogens is 2. The van der Waals surface area contributed by atoms with Crippen LogP contribution in [0.1, 0.15) is 22.8 Å². The third kappa shape index (κ3) is 5.14. The molecule has 3 aromatic heterocycles. The van der Waals surface area contributed by atoms with Gasteiger partial charge in [0.1, 0.15) is 22.9 Å². The number of carbonyl (C=O) groups is 3. The van der Waals surface area contributed by atoms with Crippen molar-refractivity contribution < 1.29 is 28.3 Å². The summed E-state index contributed by atoms with van der Waals surface area (Å²) in [5, 5.41) is 4.85. The number of nitrogens with one attached hydrogen (secondary N) is 1. The van der Waals surface area contributed by atoms with E-state index in [4.69, 9.17) is 13.9 Å². The molecule has 0 spiro atoms. The zero-order chi connectivity index (χ0) is 24.9. The Morgan fingerprint density at radius 3 is 2.74 bits per heavy atom. The lowest BCUT2D eigenvalue weighted by molar-refractivity contribution is -0.147. The van der Waals surface area contributed by atoms with Gasteiger partial charge in [0.05, 0.1) is 30.1 Å². The number of furan rings is 1. The zero-order valence-electron chi connectivity index (χ0n) is 18.9. The predicted octanol–water partition coefficient (Wildman–Crippen LogP) is 3.39. The zero-order valence-corrected chi connectivity index (χ0v) is 19.7. The molecule has 0 unspecified atom stereocenters. The van der Waals surface area contributed by atoms with Gasteiger partial charge in [-0.25, -0.2) is 9.78 Å². The number of benzene rings is 1. The van der Waals surface area contributed by atoms with E-state index in [0.29, 0.717) is 22.2 Å². The number of amides is 1. The van der Waals surface area contributed by atoms with Crippen LogP contribution in [0, 0.1) is 6.92 Å². The molecule has 180 valence electrons. The molecule has 0 atom stereocenters. The van der Waals surface area contributed by atoms with Gasteiger partial charge in [-0.3, -0.25) is 19.0 Å². The van der Waals surface area contributed by atoms with Crippen molar-refractivity contribution in [3.05, 3.63) is 69.8 Å². The maximum Gasteiger partial charge on any atom is 0.341 e. The average molecular weight is 496 g/mol. The number of nitrogens with zero attached hydrogens (tertiary/aromatic N) is 2. The van der Waals surface area contributed by atoms with Gasteiger partial charge in [-0.1, -0.05) is 12.1 Å². The summed E-state index contributed by atoms with van der Waals surface area (Å²) < 4.78 is 16.6. The minimum Gasteiger partial charge on any atom is -0.464 e. The molecular weight excluding hydrogens is 474 g/mol. The van der Waals surface area contributed by atoms with E-state index in [1.165, 1.54) is 12.6 Å². The monoisotopic (exact) mass is 495 g/mol. The van der Waals surface area contributed by atoms with Gasteiger partial charge >= 0.3 is 11.9 Å². The Labute approximate surface area is 203 Å². The van der Waals surface area contributed by atoms with E-state index < -0.39 is 31.0 Å². The normalized spacial score (nSPS) is 10.8. The van der Waals surface area contributed by atoms with E-state index in [2.05, 4.69) is 10.3 Å². The van der Waals surface area contributed by atoms with Gasteiger partial charge in [0.2, 0.25) is 0 Å². The van der Waals surface area contributed by atoms with Crippen molar-refractivity contribution in [1.29, 1.82) is 0 Å². The molecule has 0 aliphatic carbocycles. The van der Waals surface area contributed by atoms with Crippen LogP contribution < -0.4 is 10.9 Å². The molecule has 0 bridgehead atoms. The van der Waals surface area contributed by atoms with Gasteiger partial charge in [-0.15, -0.1) is 11.3 Å². The Balaban J connectivity index is 1.42. The molecule has 0 saturated heterocycles. The highest BCUT2D eigenvalue weighted by atomic mass is 32.1. The molecule has 0 aliphatic rings. The van der Waals surface area contributed by atoms with E-state index in [1.807, 2.05) is 13.0 Å². The van der Waals surface area contributed by atoms with Gasteiger partial charge in [0, 0.05) is 10.9 Å². The number of carbonyl (C=O) groups excluding carboxylic acids is 3. The van der Waals surface area contributed by atoms with Crippen LogP contribution in [-0.4, -0.2) is 40.6 Å². The standard InChI is InChI=1S/C24H21N3O7S/c1-3-32-24(31)20-16(17-8-5-9-33-17)12-35-22(20)26-18(28)11-34-19(29)10-27-13-25-21-14(2)6-4-7-15(21)23(27)30/h4-9,12-13H,3,10-11H2,1-2H3,(H,26,28). The summed E-state index contributed by atoms with van der Waals surface area (Å²) in [5.41, 5.74) is 1.64. The number of esters is 2. The maximum absolute atomic E-state index is 12.6. The second-order valence-electron chi connectivity index (χ2n) is 7.41. The first-order chi connectivity index (χ1) is 16.9. The second-order valence-corrected chi connectivity index (χ2v) is 8.29. The van der Waals surface area contributed by atoms with Gasteiger partial charge < -0.3 is 19.2 Å². The molecule has 1 N–H and O–H groups in total. The molecule has 4 rings (SSSR count). The van der Waals surface area contributed by atoms with E-state index in [0.717, 1.165) is 21.5 Å². The van der Waals surface area contributed by atoms with Gasteiger partial charge in [-0.05, 0) is 37.6 Å². The maximum atomic E-state index is 12.6. The number of hydrogen-bond donors (Lipinski definition) is 1. The van der Waals surface area contributed by atoms with Gasteiger partial charge in [0.25, 0.3) is 11.5 Å². The molecule has 4 aromatic rings. The van der Waals surface area contributed by atoms with E-state index >= 15 is 0 Å². The van der Waals surface area contributed by atoms with Gasteiger partial charge in [0.15, 0.2) is 6.61 Å². The van der Waals surface area contributed by atoms with Crippen LogP contribution in [0.15, 0.2) is 57.5 Å². The van der Waals surface area contributed by atoms with Crippen LogP contribution in [0.25, 0.3) is 22.2 Å². The highest BCUT2D eigenvalue weighted by Gasteiger charge is 2.24. The summed E-state index contributed by atoms with van der Waals surface area (Å²) in [6, 6.07) is 8.57. The van der Waals surface area contributed by atoms with Crippen LogP contribution >= 0.6 is 11.3 Å². The first-order valence-electron chi connectivity index (χ1n) is 10.6. The number of aryl methyl sites for hydroxylation is 1. The van der Waals surface area contributed by atoms with Crippen molar-refractivity contribution >= 4 is 45.1 Å². The first-order valence-corrected chi connectivity index (χ1v) is 11.5. The van der Waals surface area contributed by atoms with E-state index in [-0.39, 0.29) is 22.7 Å². The fourth-order valence-electron chi connectivity index (χ4n) is 3.41. The lowest BCUT2D eigenvalue weighted by Crippen LogP contribution is -2.28. The topological polar surface area (TPSA) is 130 Å². The molecule has 0 radical (unpaired) electrons.